The van der Waals surface area contributed by atoms with Crippen LogP contribution in [0.1, 0.15) is 13.8 Å². The predicted octanol–water partition coefficient (Wildman–Crippen LogP) is 13.6. The number of hydrogen-bond donors (Lipinski definition) is 4. The van der Waals surface area contributed by atoms with E-state index in [9.17, 15) is 9.59 Å². The summed E-state index contributed by atoms with van der Waals surface area (Å²) in [6.45, 7) is 4.50. The summed E-state index contributed by atoms with van der Waals surface area (Å²) in [5.74, 6) is 0. The second-order valence-electron chi connectivity index (χ2n) is 16.4. The number of nitrogens with two attached hydrogens (primary N) is 1. The van der Waals surface area contributed by atoms with E-state index in [4.69, 9.17) is 10.5 Å². The Morgan fingerprint density at radius 3 is 1.29 bits per heavy atom. The monoisotopic (exact) mass is 1060 g/mol. The zero-order valence-electron chi connectivity index (χ0n) is 40.8. The summed E-state index contributed by atoms with van der Waals surface area (Å²) in [5, 5.41) is 9.80. The molecule has 9 heterocycles. The van der Waals surface area contributed by atoms with Crippen molar-refractivity contribution in [2.45, 2.75) is 13.8 Å². The number of amides is 3. The number of ether oxygens (including phenoxy) is 1. The number of thiazole rings is 3. The number of nitrogens with one attached hydrogen (secondary N) is 3. The molecule has 9 aromatic heterocycles. The van der Waals surface area contributed by atoms with Crippen LogP contribution in [-0.2, 0) is 4.74 Å². The van der Waals surface area contributed by atoms with Crippen molar-refractivity contribution < 1.29 is 14.3 Å². The Kier molecular flexibility index (Phi) is 15.6. The first-order valence-corrected chi connectivity index (χ1v) is 26.3. The van der Waals surface area contributed by atoms with E-state index in [0.29, 0.717) is 28.5 Å². The van der Waals surface area contributed by atoms with Gasteiger partial charge in [-0.1, -0.05) is 70.4 Å². The van der Waals surface area contributed by atoms with Crippen molar-refractivity contribution in [2.75, 3.05) is 29.5 Å². The fourth-order valence-electron chi connectivity index (χ4n) is 8.02. The van der Waals surface area contributed by atoms with Gasteiger partial charge in [-0.3, -0.25) is 40.5 Å². The van der Waals surface area contributed by atoms with Crippen molar-refractivity contribution in [1.82, 2.24) is 50.2 Å². The molecule has 76 heavy (non-hydrogen) atoms. The first-order chi connectivity index (χ1) is 37.3. The molecule has 0 bridgehead atoms. The molecule has 0 aliphatic carbocycles. The largest absolute Gasteiger partial charge is 0.450 e. The predicted molar refractivity (Wildman–Crippen MR) is 306 cm³/mol. The summed E-state index contributed by atoms with van der Waals surface area (Å²) in [6, 6.07) is 41.4. The summed E-state index contributed by atoms with van der Waals surface area (Å²) in [5.41, 5.74) is 20.1. The molecule has 0 fully saturated rings. The van der Waals surface area contributed by atoms with Crippen LogP contribution in [0, 0.1) is 0 Å². The number of carbonyl (C=O) groups is 2. The maximum absolute atomic E-state index is 11.9. The van der Waals surface area contributed by atoms with Crippen molar-refractivity contribution in [2.24, 2.45) is 0 Å². The smallest absolute Gasteiger partial charge is 0.413 e. The zero-order valence-corrected chi connectivity index (χ0v) is 43.2. The van der Waals surface area contributed by atoms with E-state index in [1.54, 1.807) is 44.1 Å². The number of urea groups is 1. The highest BCUT2D eigenvalue weighted by Gasteiger charge is 2.18. The highest BCUT2D eigenvalue weighted by Crippen LogP contribution is 2.41. The Labute approximate surface area is 447 Å². The first kappa shape index (κ1) is 50.1. The van der Waals surface area contributed by atoms with Gasteiger partial charge < -0.3 is 15.8 Å². The molecule has 0 saturated heterocycles. The van der Waals surface area contributed by atoms with Gasteiger partial charge in [0.05, 0.1) is 54.3 Å². The lowest BCUT2D eigenvalue weighted by atomic mass is 10.0. The molecule has 0 spiro atoms. The van der Waals surface area contributed by atoms with Crippen molar-refractivity contribution >= 4 is 92.2 Å². The molecule has 0 atom stereocenters. The van der Waals surface area contributed by atoms with Crippen LogP contribution in [0.2, 0.25) is 0 Å². The summed E-state index contributed by atoms with van der Waals surface area (Å²) < 4.78 is 7.94. The van der Waals surface area contributed by atoms with Crippen molar-refractivity contribution in [1.29, 1.82) is 0 Å². The summed E-state index contributed by atoms with van der Waals surface area (Å²) in [6.07, 6.45) is 15.6. The number of anilines is 3. The molecule has 19 heteroatoms. The highest BCUT2D eigenvalue weighted by atomic mass is 32.1. The molecule has 0 aliphatic rings. The van der Waals surface area contributed by atoms with Crippen LogP contribution in [-0.4, -0.2) is 70.1 Å². The maximum Gasteiger partial charge on any atom is 0.413 e. The number of nitrogen functional groups attached to an aromatic ring is 1. The van der Waals surface area contributed by atoms with Gasteiger partial charge in [0.2, 0.25) is 0 Å². The molecular formula is C57H45N13O3S3. The second kappa shape index (κ2) is 23.6. The van der Waals surface area contributed by atoms with Crippen LogP contribution in [0.15, 0.2) is 183 Å². The molecule has 0 saturated carbocycles. The molecule has 12 rings (SSSR count). The Morgan fingerprint density at radius 1 is 0.487 bits per heavy atom. The van der Waals surface area contributed by atoms with Gasteiger partial charge >= 0.3 is 12.1 Å². The standard InChI is InChI=1S/C20H17N5OS.C20H16N4O2S.C17H12N4S/c1-2-22-19(26)25-20-24-17-11-14(13-6-5-8-21-12-13)10-15(18(17)27-20)16-7-3-4-9-23-16;1-2-26-20(25)24-19-23-17-11-14(13-6-5-8-21-12-13)10-15(18(17)27-19)16-7-3-4-9-22-16;18-17-21-15-9-12(11-4-3-6-19-10-11)8-13(16(15)22-17)14-5-1-2-7-20-14/h3-12H,2H2,1H3,(H2,22,24,25,26);3-12H,2H2,1H3,(H,23,24,25);1-10H,(H2,18,21). The SMILES string of the molecule is CCNC(=O)Nc1nc2cc(-c3cccnc3)cc(-c3ccccn3)c2s1.CCOC(=O)Nc1nc2cc(-c3cccnc3)cc(-c3ccccn3)c2s1.Nc1nc2cc(-c3cccnc3)cc(-c3ccccn3)c2s1. The van der Waals surface area contributed by atoms with E-state index in [1.165, 1.54) is 34.0 Å². The second-order valence-corrected chi connectivity index (χ2v) is 19.4. The third kappa shape index (κ3) is 11.8. The van der Waals surface area contributed by atoms with E-state index in [1.807, 2.05) is 135 Å². The lowest BCUT2D eigenvalue weighted by Gasteiger charge is -2.06. The van der Waals surface area contributed by atoms with Crippen LogP contribution in [0.4, 0.5) is 25.0 Å². The Bertz CT molecular complexity index is 3730. The topological polar surface area (TPSA) is 221 Å². The van der Waals surface area contributed by atoms with Crippen molar-refractivity contribution in [3.05, 3.63) is 183 Å². The molecule has 0 unspecified atom stereocenters. The fraction of sp³-hybridized carbons (Fsp3) is 0.0702. The minimum absolute atomic E-state index is 0.261. The van der Waals surface area contributed by atoms with Crippen LogP contribution in [0.3, 0.4) is 0 Å². The average molecular weight is 1060 g/mol. The molecule has 374 valence electrons. The van der Waals surface area contributed by atoms with Gasteiger partial charge in [0.15, 0.2) is 15.4 Å². The van der Waals surface area contributed by atoms with E-state index in [2.05, 4.69) is 79.0 Å². The van der Waals surface area contributed by atoms with Gasteiger partial charge in [0, 0.05) is 95.7 Å². The molecule has 3 aromatic carbocycles. The summed E-state index contributed by atoms with van der Waals surface area (Å²) in [4.78, 5) is 63.3. The van der Waals surface area contributed by atoms with Crippen LogP contribution < -0.4 is 21.7 Å². The Hall–Kier alpha value is -9.43. The van der Waals surface area contributed by atoms with Gasteiger partial charge in [-0.05, 0) is 122 Å². The first-order valence-electron chi connectivity index (χ1n) is 23.8. The minimum Gasteiger partial charge on any atom is -0.450 e. The molecular weight excluding hydrogens is 1010 g/mol. The van der Waals surface area contributed by atoms with Gasteiger partial charge in [-0.2, -0.15) is 0 Å². The van der Waals surface area contributed by atoms with E-state index in [0.717, 1.165) is 97.8 Å². The third-order valence-electron chi connectivity index (χ3n) is 11.3. The van der Waals surface area contributed by atoms with Gasteiger partial charge in [0.25, 0.3) is 0 Å². The van der Waals surface area contributed by atoms with E-state index >= 15 is 0 Å². The third-order valence-corrected chi connectivity index (χ3v) is 14.3. The number of rotatable bonds is 10. The molecule has 0 aliphatic heterocycles. The van der Waals surface area contributed by atoms with Crippen LogP contribution in [0.5, 0.6) is 0 Å². The van der Waals surface area contributed by atoms with E-state index < -0.39 is 6.09 Å². The highest BCUT2D eigenvalue weighted by molar-refractivity contribution is 7.23. The van der Waals surface area contributed by atoms with Gasteiger partial charge in [-0.25, -0.2) is 24.5 Å². The van der Waals surface area contributed by atoms with Gasteiger partial charge in [0.1, 0.15) is 0 Å². The number of benzene rings is 3. The molecule has 3 amide bonds. The maximum atomic E-state index is 11.9. The Balaban J connectivity index is 0.000000130. The zero-order chi connectivity index (χ0) is 52.2. The number of aromatic nitrogens is 9. The average Bonchev–Trinajstić information content (AvgIpc) is 4.22. The molecule has 16 nitrogen and oxygen atoms in total. The quantitative estimate of drug-likeness (QED) is 0.100. The van der Waals surface area contributed by atoms with Gasteiger partial charge in [-0.15, -0.1) is 0 Å². The molecule has 5 N–H and O–H groups in total. The fourth-order valence-corrected chi connectivity index (χ4v) is 10.8. The van der Waals surface area contributed by atoms with Crippen molar-refractivity contribution in [3.8, 4) is 67.2 Å². The summed E-state index contributed by atoms with van der Waals surface area (Å²) in [7, 11) is 0. The van der Waals surface area contributed by atoms with E-state index in [-0.39, 0.29) is 6.03 Å². The lowest BCUT2D eigenvalue weighted by Crippen LogP contribution is -2.28. The lowest BCUT2D eigenvalue weighted by molar-refractivity contribution is 0.168. The molecule has 12 aromatic rings. The number of carbonyl (C=O) groups excluding carboxylic acids is 2. The summed E-state index contributed by atoms with van der Waals surface area (Å²) >= 11 is 4.32. The number of pyridine rings is 6. The molecule has 0 radical (unpaired) electrons. The number of fused-ring (bicyclic) bond motifs is 3. The van der Waals surface area contributed by atoms with Crippen molar-refractivity contribution in [3.63, 3.8) is 0 Å². The minimum atomic E-state index is -0.511. The van der Waals surface area contributed by atoms with Crippen LogP contribution in [0.25, 0.3) is 97.8 Å². The number of nitrogens with zero attached hydrogens (tertiary/aromatic N) is 9. The van der Waals surface area contributed by atoms with Crippen LogP contribution >= 0.6 is 34.0 Å². The Morgan fingerprint density at radius 2 is 0.908 bits per heavy atom. The normalized spacial score (nSPS) is 10.8. The number of hydrogen-bond acceptors (Lipinski definition) is 16.